The molecule has 0 bridgehead atoms. The second-order valence-corrected chi connectivity index (χ2v) is 7.40. The molecular formula is C19H18ClFN8. The van der Waals surface area contributed by atoms with Crippen LogP contribution < -0.4 is 4.90 Å². The number of hydrogen-bond acceptors (Lipinski definition) is 7. The largest absolute Gasteiger partial charge is 0.368 e. The fourth-order valence-electron chi connectivity index (χ4n) is 3.56. The number of nitriles is 1. The summed E-state index contributed by atoms with van der Waals surface area (Å²) in [6.07, 6.45) is 5.20. The van der Waals surface area contributed by atoms with Crippen LogP contribution >= 0.6 is 11.6 Å². The van der Waals surface area contributed by atoms with E-state index < -0.39 is 5.67 Å². The molecule has 0 spiro atoms. The van der Waals surface area contributed by atoms with Crippen molar-refractivity contribution in [3.8, 4) is 17.3 Å². The quantitative estimate of drug-likeness (QED) is 0.610. The number of aryl methyl sites for hydroxylation is 2. The van der Waals surface area contributed by atoms with E-state index in [0.717, 1.165) is 0 Å². The maximum absolute atomic E-state index is 15.4. The number of pyridine rings is 1. The molecule has 3 aromatic rings. The van der Waals surface area contributed by atoms with Crippen molar-refractivity contribution in [1.82, 2.24) is 29.7 Å². The first-order chi connectivity index (χ1) is 13.9. The lowest BCUT2D eigenvalue weighted by Crippen LogP contribution is -2.42. The van der Waals surface area contributed by atoms with Crippen LogP contribution in [0.4, 0.5) is 10.1 Å². The van der Waals surface area contributed by atoms with E-state index in [-0.39, 0.29) is 18.0 Å². The lowest BCUT2D eigenvalue weighted by atomic mass is 9.91. The van der Waals surface area contributed by atoms with Crippen molar-refractivity contribution in [3.63, 3.8) is 0 Å². The molecule has 0 radical (unpaired) electrons. The second-order valence-electron chi connectivity index (χ2n) is 7.04. The summed E-state index contributed by atoms with van der Waals surface area (Å²) in [7, 11) is 1.73. The molecule has 3 aromatic heterocycles. The van der Waals surface area contributed by atoms with Crippen LogP contribution in [0.2, 0.25) is 5.15 Å². The van der Waals surface area contributed by atoms with Gasteiger partial charge in [0.05, 0.1) is 16.9 Å². The predicted octanol–water partition coefficient (Wildman–Crippen LogP) is 2.97. The minimum absolute atomic E-state index is 0.199. The Morgan fingerprint density at radius 2 is 1.93 bits per heavy atom. The van der Waals surface area contributed by atoms with Gasteiger partial charge in [-0.25, -0.2) is 19.3 Å². The van der Waals surface area contributed by atoms with Gasteiger partial charge < -0.3 is 9.47 Å². The Balaban J connectivity index is 1.62. The van der Waals surface area contributed by atoms with Crippen LogP contribution in [0.5, 0.6) is 0 Å². The molecule has 1 fully saturated rings. The number of rotatable bonds is 3. The van der Waals surface area contributed by atoms with Crippen molar-refractivity contribution in [2.75, 3.05) is 18.0 Å². The van der Waals surface area contributed by atoms with E-state index in [9.17, 15) is 5.26 Å². The Morgan fingerprint density at radius 3 is 2.52 bits per heavy atom. The first-order valence-electron chi connectivity index (χ1n) is 9.09. The maximum atomic E-state index is 15.4. The first-order valence-corrected chi connectivity index (χ1v) is 9.47. The van der Waals surface area contributed by atoms with Gasteiger partial charge in [-0.2, -0.15) is 5.26 Å². The van der Waals surface area contributed by atoms with Crippen molar-refractivity contribution < 1.29 is 4.39 Å². The van der Waals surface area contributed by atoms with E-state index in [0.29, 0.717) is 47.2 Å². The topological polar surface area (TPSA) is 96.4 Å². The van der Waals surface area contributed by atoms with Gasteiger partial charge in [0.25, 0.3) is 0 Å². The van der Waals surface area contributed by atoms with E-state index in [1.807, 2.05) is 4.90 Å². The molecule has 148 valence electrons. The monoisotopic (exact) mass is 412 g/mol. The smallest absolute Gasteiger partial charge is 0.173 e. The van der Waals surface area contributed by atoms with Gasteiger partial charge in [-0.05, 0) is 13.0 Å². The third kappa shape index (κ3) is 3.51. The van der Waals surface area contributed by atoms with Crippen LogP contribution in [0, 0.1) is 18.3 Å². The van der Waals surface area contributed by atoms with Crippen molar-refractivity contribution in [1.29, 1.82) is 5.26 Å². The maximum Gasteiger partial charge on any atom is 0.173 e. The Kier molecular flexibility index (Phi) is 4.88. The number of alkyl halides is 1. The normalized spacial score (nSPS) is 15.9. The summed E-state index contributed by atoms with van der Waals surface area (Å²) in [5.41, 5.74) is 0.528. The molecular weight excluding hydrogens is 395 g/mol. The Labute approximate surface area is 172 Å². The van der Waals surface area contributed by atoms with Gasteiger partial charge in [0, 0.05) is 50.9 Å². The van der Waals surface area contributed by atoms with Crippen LogP contribution in [-0.4, -0.2) is 42.8 Å². The average molecular weight is 413 g/mol. The zero-order valence-electron chi connectivity index (χ0n) is 16.0. The molecule has 10 heteroatoms. The summed E-state index contributed by atoms with van der Waals surface area (Å²) in [6.45, 7) is 2.55. The summed E-state index contributed by atoms with van der Waals surface area (Å²) in [6, 6.07) is 3.85. The molecule has 8 nitrogen and oxygen atoms in total. The summed E-state index contributed by atoms with van der Waals surface area (Å²) >= 11 is 6.46. The first kappa shape index (κ1) is 19.2. The Hall–Kier alpha value is -3.12. The van der Waals surface area contributed by atoms with Crippen LogP contribution in [0.3, 0.4) is 0 Å². The molecule has 1 saturated heterocycles. The second kappa shape index (κ2) is 7.37. The SMILES string of the molecule is Cc1ncc(-c2cc(C#N)c(N3CCC(F)(c4nncn4C)CC3)c(Cl)n2)cn1. The highest BCUT2D eigenvalue weighted by Crippen LogP contribution is 2.40. The van der Waals surface area contributed by atoms with E-state index in [2.05, 4.69) is 31.2 Å². The predicted molar refractivity (Wildman–Crippen MR) is 105 cm³/mol. The van der Waals surface area contributed by atoms with E-state index in [1.165, 1.54) is 6.33 Å². The van der Waals surface area contributed by atoms with Crippen molar-refractivity contribution in [3.05, 3.63) is 47.2 Å². The number of hydrogen-bond donors (Lipinski definition) is 0. The standard InChI is InChI=1S/C19H18ClFN8/c1-12-23-9-14(10-24-12)15-7-13(8-22)16(17(20)26-15)29-5-3-19(21,4-6-29)18-27-25-11-28(18)2/h7,9-11H,3-6H2,1-2H3. The van der Waals surface area contributed by atoms with E-state index >= 15 is 4.39 Å². The van der Waals surface area contributed by atoms with Crippen LogP contribution in [-0.2, 0) is 12.7 Å². The molecule has 0 aliphatic carbocycles. The van der Waals surface area contributed by atoms with Gasteiger partial charge in [-0.1, -0.05) is 11.6 Å². The molecule has 4 heterocycles. The average Bonchev–Trinajstić information content (AvgIpc) is 3.16. The minimum atomic E-state index is -1.56. The molecule has 0 aromatic carbocycles. The Bertz CT molecular complexity index is 1080. The van der Waals surface area contributed by atoms with E-state index in [1.54, 1.807) is 37.0 Å². The zero-order valence-corrected chi connectivity index (χ0v) is 16.7. The van der Waals surface area contributed by atoms with Gasteiger partial charge in [0.15, 0.2) is 16.6 Å². The van der Waals surface area contributed by atoms with E-state index in [4.69, 9.17) is 11.6 Å². The third-order valence-electron chi connectivity index (χ3n) is 5.13. The van der Waals surface area contributed by atoms with Gasteiger partial charge in [0.2, 0.25) is 0 Å². The molecule has 1 aliphatic heterocycles. The Morgan fingerprint density at radius 1 is 1.24 bits per heavy atom. The number of nitrogens with zero attached hydrogens (tertiary/aromatic N) is 8. The van der Waals surface area contributed by atoms with Crippen molar-refractivity contribution in [2.24, 2.45) is 7.05 Å². The molecule has 0 unspecified atom stereocenters. The van der Waals surface area contributed by atoms with Gasteiger partial charge in [-0.3, -0.25) is 0 Å². The molecule has 1 aliphatic rings. The molecule has 0 atom stereocenters. The van der Waals surface area contributed by atoms with Gasteiger partial charge >= 0.3 is 0 Å². The third-order valence-corrected chi connectivity index (χ3v) is 5.40. The van der Waals surface area contributed by atoms with Crippen LogP contribution in [0.1, 0.15) is 30.1 Å². The van der Waals surface area contributed by atoms with Gasteiger partial charge in [0.1, 0.15) is 18.2 Å². The van der Waals surface area contributed by atoms with Crippen LogP contribution in [0.15, 0.2) is 24.8 Å². The number of aromatic nitrogens is 6. The fourth-order valence-corrected chi connectivity index (χ4v) is 3.88. The molecule has 4 rings (SSSR count). The number of piperidine rings is 1. The number of halogens is 2. The summed E-state index contributed by atoms with van der Waals surface area (Å²) in [4.78, 5) is 14.6. The molecule has 29 heavy (non-hydrogen) atoms. The highest BCUT2D eigenvalue weighted by Gasteiger charge is 2.41. The lowest BCUT2D eigenvalue weighted by molar-refractivity contribution is 0.109. The summed E-state index contributed by atoms with van der Waals surface area (Å²) in [5.74, 6) is 0.958. The molecule has 0 saturated carbocycles. The number of anilines is 1. The van der Waals surface area contributed by atoms with Crippen molar-refractivity contribution >= 4 is 17.3 Å². The highest BCUT2D eigenvalue weighted by molar-refractivity contribution is 6.32. The minimum Gasteiger partial charge on any atom is -0.368 e. The van der Waals surface area contributed by atoms with Crippen molar-refractivity contribution in [2.45, 2.75) is 25.4 Å². The van der Waals surface area contributed by atoms with Crippen LogP contribution in [0.25, 0.3) is 11.3 Å². The lowest BCUT2D eigenvalue weighted by Gasteiger charge is -2.37. The molecule has 0 N–H and O–H groups in total. The fraction of sp³-hybridized carbons (Fsp3) is 0.368. The zero-order chi connectivity index (χ0) is 20.6. The highest BCUT2D eigenvalue weighted by atomic mass is 35.5. The summed E-state index contributed by atoms with van der Waals surface area (Å²) < 4.78 is 17.0. The molecule has 0 amide bonds. The summed E-state index contributed by atoms with van der Waals surface area (Å²) in [5, 5.41) is 17.6. The van der Waals surface area contributed by atoms with Gasteiger partial charge in [-0.15, -0.1) is 10.2 Å².